The molecular formula is C23H23F2N7S. The van der Waals surface area contributed by atoms with Gasteiger partial charge in [-0.25, -0.2) is 13.8 Å². The number of aryl methyl sites for hydroxylation is 1. The van der Waals surface area contributed by atoms with Gasteiger partial charge < -0.3 is 11.1 Å². The Bertz CT molecular complexity index is 1360. The fourth-order valence-corrected chi connectivity index (χ4v) is 5.45. The molecular weight excluding hydrogens is 444 g/mol. The van der Waals surface area contributed by atoms with E-state index in [1.165, 1.54) is 29.5 Å². The van der Waals surface area contributed by atoms with Gasteiger partial charge in [0.15, 0.2) is 17.5 Å². The highest BCUT2D eigenvalue weighted by Crippen LogP contribution is 2.40. The van der Waals surface area contributed by atoms with Crippen LogP contribution in [0.3, 0.4) is 0 Å². The first kappa shape index (κ1) is 21.6. The van der Waals surface area contributed by atoms with E-state index in [0.717, 1.165) is 34.6 Å². The molecule has 3 N–H and O–H groups in total. The molecule has 0 radical (unpaired) electrons. The Labute approximate surface area is 193 Å². The number of halogens is 2. The summed E-state index contributed by atoms with van der Waals surface area (Å²) in [5.74, 6) is -1.58. The number of nitrogens with one attached hydrogen (secondary N) is 1. The molecule has 10 heteroatoms. The van der Waals surface area contributed by atoms with Crippen LogP contribution in [-0.2, 0) is 11.8 Å². The minimum atomic E-state index is -1.02. The highest BCUT2D eigenvalue weighted by molar-refractivity contribution is 7.15. The summed E-state index contributed by atoms with van der Waals surface area (Å²) in [6.45, 7) is 7.81. The molecule has 4 aromatic rings. The van der Waals surface area contributed by atoms with Gasteiger partial charge in [0.1, 0.15) is 11.5 Å². The first-order valence-electron chi connectivity index (χ1n) is 10.6. The Morgan fingerprint density at radius 1 is 1.18 bits per heavy atom. The van der Waals surface area contributed by atoms with Crippen molar-refractivity contribution in [3.8, 4) is 27.5 Å². The molecule has 5 rings (SSSR count). The topological polar surface area (TPSA) is 94.5 Å². The zero-order valence-corrected chi connectivity index (χ0v) is 19.3. The molecule has 4 heterocycles. The highest BCUT2D eigenvalue weighted by atomic mass is 32.1. The molecule has 0 spiro atoms. The van der Waals surface area contributed by atoms with Crippen LogP contribution >= 0.6 is 11.3 Å². The number of hydrogen-bond acceptors (Lipinski definition) is 7. The smallest absolute Gasteiger partial charge is 0.190 e. The molecule has 1 aliphatic heterocycles. The van der Waals surface area contributed by atoms with E-state index in [9.17, 15) is 8.78 Å². The van der Waals surface area contributed by atoms with Crippen LogP contribution in [0.1, 0.15) is 29.9 Å². The minimum Gasteiger partial charge on any atom is -0.383 e. The third-order valence-corrected chi connectivity index (χ3v) is 7.27. The van der Waals surface area contributed by atoms with Gasteiger partial charge in [-0.05, 0) is 53.1 Å². The molecule has 0 saturated heterocycles. The number of hydrogen-bond donors (Lipinski definition) is 2. The number of thiophene rings is 1. The number of nitrogen functional groups attached to an aromatic ring is 1. The van der Waals surface area contributed by atoms with Gasteiger partial charge in [-0.1, -0.05) is 19.9 Å². The molecule has 0 aliphatic carbocycles. The maximum atomic E-state index is 14.7. The number of rotatable bonds is 3. The van der Waals surface area contributed by atoms with Crippen LogP contribution in [-0.4, -0.2) is 38.3 Å². The van der Waals surface area contributed by atoms with Crippen LogP contribution in [0.5, 0.6) is 0 Å². The third kappa shape index (κ3) is 3.68. The number of fused-ring (bicyclic) bond motifs is 1. The number of aromatic nitrogens is 5. The number of anilines is 1. The fraction of sp³-hybridized carbons (Fsp3) is 0.304. The summed E-state index contributed by atoms with van der Waals surface area (Å²) in [6.07, 6.45) is 2.69. The van der Waals surface area contributed by atoms with Gasteiger partial charge in [0, 0.05) is 40.0 Å². The first-order valence-corrected chi connectivity index (χ1v) is 11.4. The van der Waals surface area contributed by atoms with E-state index >= 15 is 0 Å². The molecule has 0 amide bonds. The largest absolute Gasteiger partial charge is 0.383 e. The second-order valence-corrected chi connectivity index (χ2v) is 10.00. The summed E-state index contributed by atoms with van der Waals surface area (Å²) in [7, 11) is 0. The van der Waals surface area contributed by atoms with Crippen molar-refractivity contribution >= 4 is 17.2 Å². The molecule has 170 valence electrons. The molecule has 7 nitrogen and oxygen atoms in total. The van der Waals surface area contributed by atoms with E-state index in [1.807, 2.05) is 6.07 Å². The first-order chi connectivity index (χ1) is 15.8. The summed E-state index contributed by atoms with van der Waals surface area (Å²) in [5.41, 5.74) is 8.92. The van der Waals surface area contributed by atoms with Crippen molar-refractivity contribution in [2.75, 3.05) is 18.8 Å². The minimum absolute atomic E-state index is 0.0157. The summed E-state index contributed by atoms with van der Waals surface area (Å²) in [4.78, 5) is 6.77. The van der Waals surface area contributed by atoms with Crippen molar-refractivity contribution in [1.29, 1.82) is 0 Å². The molecule has 33 heavy (non-hydrogen) atoms. The Morgan fingerprint density at radius 2 is 2.00 bits per heavy atom. The Morgan fingerprint density at radius 3 is 2.82 bits per heavy atom. The quantitative estimate of drug-likeness (QED) is 0.472. The van der Waals surface area contributed by atoms with Crippen molar-refractivity contribution in [1.82, 2.24) is 30.5 Å². The van der Waals surface area contributed by atoms with Crippen LogP contribution in [0.25, 0.3) is 27.5 Å². The van der Waals surface area contributed by atoms with Crippen molar-refractivity contribution in [3.63, 3.8) is 0 Å². The summed E-state index contributed by atoms with van der Waals surface area (Å²) in [6, 6.07) is 6.98. The van der Waals surface area contributed by atoms with E-state index in [0.29, 0.717) is 5.56 Å². The Kier molecular flexibility index (Phi) is 5.21. The molecule has 1 aliphatic rings. The van der Waals surface area contributed by atoms with Crippen LogP contribution in [0.4, 0.5) is 14.6 Å². The molecule has 1 aromatic carbocycles. The number of pyridine rings is 1. The summed E-state index contributed by atoms with van der Waals surface area (Å²) < 4.78 is 30.0. The lowest BCUT2D eigenvalue weighted by Crippen LogP contribution is -2.31. The van der Waals surface area contributed by atoms with Crippen molar-refractivity contribution in [3.05, 3.63) is 58.1 Å². The van der Waals surface area contributed by atoms with Gasteiger partial charge >= 0.3 is 0 Å². The maximum Gasteiger partial charge on any atom is 0.190 e. The van der Waals surface area contributed by atoms with Gasteiger partial charge in [-0.3, -0.25) is 0 Å². The van der Waals surface area contributed by atoms with Gasteiger partial charge in [0.05, 0.1) is 5.56 Å². The molecule has 0 bridgehead atoms. The normalized spacial score (nSPS) is 15.3. The standard InChI is InChI=1S/C23H23F2N7S/c1-12-4-5-16(20(25)19(12)24)32-22(29-30-31-32)14-8-13(10-28-21(14)26)18-9-15-17(33-18)6-7-27-11-23(15,2)3/h4-5,8-10,27H,6-7,11H2,1-3H3,(H2,26,28). The zero-order chi connectivity index (χ0) is 23.3. The molecule has 0 saturated carbocycles. The van der Waals surface area contributed by atoms with Crippen LogP contribution in [0.15, 0.2) is 30.5 Å². The van der Waals surface area contributed by atoms with Crippen molar-refractivity contribution in [2.45, 2.75) is 32.6 Å². The fourth-order valence-electron chi connectivity index (χ4n) is 4.13. The van der Waals surface area contributed by atoms with Crippen molar-refractivity contribution < 1.29 is 8.78 Å². The molecule has 3 aromatic heterocycles. The average molecular weight is 468 g/mol. The summed E-state index contributed by atoms with van der Waals surface area (Å²) >= 11 is 1.73. The lowest BCUT2D eigenvalue weighted by Gasteiger charge is -2.23. The predicted octanol–water partition coefficient (Wildman–Crippen LogP) is 4.04. The maximum absolute atomic E-state index is 14.7. The third-order valence-electron chi connectivity index (χ3n) is 6.03. The SMILES string of the molecule is Cc1ccc(-n2nnnc2-c2cc(-c3cc4c(s3)CCNCC4(C)C)cnc2N)c(F)c1F. The predicted molar refractivity (Wildman–Crippen MR) is 124 cm³/mol. The monoisotopic (exact) mass is 467 g/mol. The van der Waals surface area contributed by atoms with E-state index in [4.69, 9.17) is 5.73 Å². The molecule has 0 fully saturated rings. The molecule has 0 atom stereocenters. The lowest BCUT2D eigenvalue weighted by atomic mass is 9.85. The van der Waals surface area contributed by atoms with Gasteiger partial charge in [0.2, 0.25) is 0 Å². The van der Waals surface area contributed by atoms with E-state index in [2.05, 4.69) is 45.7 Å². The van der Waals surface area contributed by atoms with Gasteiger partial charge in [-0.15, -0.1) is 16.4 Å². The van der Waals surface area contributed by atoms with Gasteiger partial charge in [-0.2, -0.15) is 4.68 Å². The van der Waals surface area contributed by atoms with Crippen LogP contribution in [0.2, 0.25) is 0 Å². The van der Waals surface area contributed by atoms with E-state index < -0.39 is 11.6 Å². The average Bonchev–Trinajstić information content (AvgIpc) is 3.41. The van der Waals surface area contributed by atoms with E-state index in [-0.39, 0.29) is 28.3 Å². The number of tetrazole rings is 1. The Hall–Kier alpha value is -3.24. The second kappa shape index (κ2) is 7.96. The van der Waals surface area contributed by atoms with Crippen LogP contribution < -0.4 is 11.1 Å². The zero-order valence-electron chi connectivity index (χ0n) is 18.5. The van der Waals surface area contributed by atoms with Gasteiger partial charge in [0.25, 0.3) is 0 Å². The highest BCUT2D eigenvalue weighted by Gasteiger charge is 2.28. The summed E-state index contributed by atoms with van der Waals surface area (Å²) in [5, 5.41) is 15.1. The molecule has 0 unspecified atom stereocenters. The lowest BCUT2D eigenvalue weighted by molar-refractivity contribution is 0.489. The van der Waals surface area contributed by atoms with Crippen molar-refractivity contribution in [2.24, 2.45) is 0 Å². The van der Waals surface area contributed by atoms with Crippen LogP contribution in [0, 0.1) is 18.6 Å². The Balaban J connectivity index is 1.61. The number of benzene rings is 1. The number of nitrogens with two attached hydrogens (primary N) is 1. The number of nitrogens with zero attached hydrogens (tertiary/aromatic N) is 5. The second-order valence-electron chi connectivity index (χ2n) is 8.86. The van der Waals surface area contributed by atoms with E-state index in [1.54, 1.807) is 17.5 Å².